The maximum absolute atomic E-state index is 16.0. The third-order valence-corrected chi connectivity index (χ3v) is 7.07. The average molecular weight is 483 g/mol. The zero-order chi connectivity index (χ0) is 26.1. The van der Waals surface area contributed by atoms with Crippen LogP contribution in [0.4, 0.5) is 10.2 Å². The molecule has 1 aromatic heterocycles. The van der Waals surface area contributed by atoms with Gasteiger partial charge in [-0.3, -0.25) is 9.89 Å². The number of nitrogens with one attached hydrogen (secondary N) is 2. The molecule has 1 aliphatic heterocycles. The van der Waals surface area contributed by atoms with Crippen LogP contribution in [-0.2, 0) is 12.8 Å². The van der Waals surface area contributed by atoms with Crippen molar-refractivity contribution in [1.82, 2.24) is 15.1 Å². The molecule has 0 unspecified atom stereocenters. The van der Waals surface area contributed by atoms with Gasteiger partial charge in [0.15, 0.2) is 5.82 Å². The van der Waals surface area contributed by atoms with Crippen LogP contribution < -0.4 is 5.32 Å². The maximum atomic E-state index is 16.0. The summed E-state index contributed by atoms with van der Waals surface area (Å²) >= 11 is 0. The second-order valence-corrected chi connectivity index (χ2v) is 8.79. The number of rotatable bonds is 5. The number of halogens is 1. The summed E-state index contributed by atoms with van der Waals surface area (Å²) in [6.45, 7) is 7.38. The van der Waals surface area contributed by atoms with Crippen molar-refractivity contribution in [2.24, 2.45) is 0 Å². The first-order valence-corrected chi connectivity index (χ1v) is 11.8. The predicted molar refractivity (Wildman–Crippen MR) is 136 cm³/mol. The molecule has 0 fully saturated rings. The molecule has 0 spiro atoms. The van der Waals surface area contributed by atoms with Crippen LogP contribution in [0.25, 0.3) is 10.9 Å². The Hall–Kier alpha value is -4.43. The number of aromatic nitrogens is 2. The number of allylic oxidation sites excluding steroid dienone is 4. The van der Waals surface area contributed by atoms with Crippen molar-refractivity contribution in [2.75, 3.05) is 12.4 Å². The standard InChI is InChI=1S/C28H27FN6O/c1-6-17-10-8-9-11-19(17)28(36)32-27-21-12-20(25(29)18(7-2)26(21)33-34-27)24-22(13-30)15(3)35(5)16(4)23(24)14-31/h8-12,24H,6-7H2,1-5H3,(H2,32,33,34,36). The fourth-order valence-electron chi connectivity index (χ4n) is 4.86. The summed E-state index contributed by atoms with van der Waals surface area (Å²) in [5.74, 6) is -1.39. The van der Waals surface area contributed by atoms with Gasteiger partial charge in [0.05, 0.1) is 34.7 Å². The lowest BCUT2D eigenvalue weighted by atomic mass is 9.79. The molecule has 4 rings (SSSR count). The number of hydrogen-bond donors (Lipinski definition) is 2. The quantitative estimate of drug-likeness (QED) is 0.485. The van der Waals surface area contributed by atoms with Gasteiger partial charge in [0, 0.05) is 40.5 Å². The first kappa shape index (κ1) is 24.7. The molecular weight excluding hydrogens is 455 g/mol. The number of carbonyl (C=O) groups excluding carboxylic acids is 1. The topological polar surface area (TPSA) is 109 Å². The summed E-state index contributed by atoms with van der Waals surface area (Å²) in [6.07, 6.45) is 1.05. The van der Waals surface area contributed by atoms with E-state index in [0.29, 0.717) is 57.4 Å². The molecular formula is C28H27FN6O. The Kier molecular flexibility index (Phi) is 6.63. The summed E-state index contributed by atoms with van der Waals surface area (Å²) in [5.41, 5.74) is 4.46. The van der Waals surface area contributed by atoms with E-state index >= 15 is 4.39 Å². The van der Waals surface area contributed by atoms with Gasteiger partial charge in [-0.15, -0.1) is 0 Å². The fraction of sp³-hybridized carbons (Fsp3) is 0.286. The minimum Gasteiger partial charge on any atom is -0.350 e. The van der Waals surface area contributed by atoms with Crippen LogP contribution in [0.2, 0.25) is 0 Å². The number of carbonyl (C=O) groups is 1. The number of H-pyrrole nitrogens is 1. The van der Waals surface area contributed by atoms with Gasteiger partial charge in [0.25, 0.3) is 5.91 Å². The summed E-state index contributed by atoms with van der Waals surface area (Å²) in [5, 5.41) is 30.5. The van der Waals surface area contributed by atoms with E-state index in [9.17, 15) is 15.3 Å². The molecule has 0 bridgehead atoms. The molecule has 1 amide bonds. The molecule has 7 nitrogen and oxygen atoms in total. The van der Waals surface area contributed by atoms with E-state index in [0.717, 1.165) is 5.56 Å². The van der Waals surface area contributed by atoms with Crippen molar-refractivity contribution in [3.05, 3.63) is 80.9 Å². The Labute approximate surface area is 209 Å². The maximum Gasteiger partial charge on any atom is 0.257 e. The smallest absolute Gasteiger partial charge is 0.257 e. The van der Waals surface area contributed by atoms with Gasteiger partial charge in [-0.05, 0) is 44.4 Å². The van der Waals surface area contributed by atoms with Gasteiger partial charge in [-0.25, -0.2) is 4.39 Å². The van der Waals surface area contributed by atoms with Crippen molar-refractivity contribution < 1.29 is 9.18 Å². The van der Waals surface area contributed by atoms with E-state index < -0.39 is 11.7 Å². The lowest BCUT2D eigenvalue weighted by Gasteiger charge is -2.33. The third-order valence-electron chi connectivity index (χ3n) is 7.07. The second kappa shape index (κ2) is 9.67. The van der Waals surface area contributed by atoms with Gasteiger partial charge in [0.1, 0.15) is 5.82 Å². The van der Waals surface area contributed by atoms with E-state index in [1.807, 2.05) is 26.0 Å². The van der Waals surface area contributed by atoms with Gasteiger partial charge < -0.3 is 10.2 Å². The number of nitrogens with zero attached hydrogens (tertiary/aromatic N) is 4. The highest BCUT2D eigenvalue weighted by Crippen LogP contribution is 2.43. The van der Waals surface area contributed by atoms with Crippen LogP contribution in [0.1, 0.15) is 60.7 Å². The molecule has 1 aliphatic rings. The zero-order valence-corrected chi connectivity index (χ0v) is 21.0. The van der Waals surface area contributed by atoms with Gasteiger partial charge in [-0.2, -0.15) is 15.6 Å². The summed E-state index contributed by atoms with van der Waals surface area (Å²) in [4.78, 5) is 14.9. The molecule has 0 atom stereocenters. The van der Waals surface area contributed by atoms with Crippen molar-refractivity contribution in [3.63, 3.8) is 0 Å². The monoisotopic (exact) mass is 482 g/mol. The first-order valence-electron chi connectivity index (χ1n) is 11.8. The fourth-order valence-corrected chi connectivity index (χ4v) is 4.86. The van der Waals surface area contributed by atoms with Crippen LogP contribution in [0.15, 0.2) is 52.9 Å². The minimum atomic E-state index is -0.856. The van der Waals surface area contributed by atoms with E-state index in [4.69, 9.17) is 0 Å². The van der Waals surface area contributed by atoms with Crippen LogP contribution in [0.5, 0.6) is 0 Å². The number of anilines is 1. The number of benzene rings is 2. The molecule has 3 aromatic rings. The SMILES string of the molecule is CCc1ccccc1C(=O)Nc1n[nH]c2c(CC)c(F)c(C3C(C#N)=C(C)N(C)C(C)=C3C#N)cc12. The number of aryl methyl sites for hydroxylation is 2. The second-order valence-electron chi connectivity index (χ2n) is 8.79. The Morgan fingerprint density at radius 3 is 2.36 bits per heavy atom. The number of nitriles is 2. The molecule has 0 saturated carbocycles. The largest absolute Gasteiger partial charge is 0.350 e. The van der Waals surface area contributed by atoms with Gasteiger partial charge in [0.2, 0.25) is 0 Å². The molecule has 0 aliphatic carbocycles. The summed E-state index contributed by atoms with van der Waals surface area (Å²) in [6, 6.07) is 13.3. The number of amides is 1. The highest BCUT2D eigenvalue weighted by Gasteiger charge is 2.35. The van der Waals surface area contributed by atoms with Crippen LogP contribution in [0, 0.1) is 28.5 Å². The number of hydrogen-bond acceptors (Lipinski definition) is 5. The zero-order valence-electron chi connectivity index (χ0n) is 21.0. The minimum absolute atomic E-state index is 0.213. The molecule has 0 radical (unpaired) electrons. The Balaban J connectivity index is 1.91. The highest BCUT2D eigenvalue weighted by atomic mass is 19.1. The van der Waals surface area contributed by atoms with Crippen LogP contribution in [0.3, 0.4) is 0 Å². The molecule has 2 N–H and O–H groups in total. The van der Waals surface area contributed by atoms with Gasteiger partial charge >= 0.3 is 0 Å². The first-order chi connectivity index (χ1) is 17.3. The highest BCUT2D eigenvalue weighted by molar-refractivity contribution is 6.09. The van der Waals surface area contributed by atoms with Crippen molar-refractivity contribution >= 4 is 22.6 Å². The van der Waals surface area contributed by atoms with E-state index in [1.165, 1.54) is 0 Å². The third kappa shape index (κ3) is 3.81. The number of aromatic amines is 1. The molecule has 8 heteroatoms. The Morgan fingerprint density at radius 2 is 1.78 bits per heavy atom. The van der Waals surface area contributed by atoms with E-state index in [1.54, 1.807) is 44.0 Å². The summed E-state index contributed by atoms with van der Waals surface area (Å²) in [7, 11) is 1.78. The van der Waals surface area contributed by atoms with Crippen LogP contribution in [-0.4, -0.2) is 28.1 Å². The summed E-state index contributed by atoms with van der Waals surface area (Å²) < 4.78 is 16.0. The molecule has 2 aromatic carbocycles. The average Bonchev–Trinajstić information content (AvgIpc) is 3.28. The van der Waals surface area contributed by atoms with Crippen molar-refractivity contribution in [1.29, 1.82) is 10.5 Å². The van der Waals surface area contributed by atoms with Gasteiger partial charge in [-0.1, -0.05) is 32.0 Å². The van der Waals surface area contributed by atoms with Crippen LogP contribution >= 0.6 is 0 Å². The number of fused-ring (bicyclic) bond motifs is 1. The van der Waals surface area contributed by atoms with Crippen molar-refractivity contribution in [2.45, 2.75) is 46.5 Å². The lowest BCUT2D eigenvalue weighted by molar-refractivity contribution is 0.102. The predicted octanol–water partition coefficient (Wildman–Crippen LogP) is 5.70. The van der Waals surface area contributed by atoms with E-state index in [-0.39, 0.29) is 17.3 Å². The normalized spacial score (nSPS) is 14.3. The Morgan fingerprint density at radius 1 is 1.14 bits per heavy atom. The molecule has 182 valence electrons. The molecule has 2 heterocycles. The van der Waals surface area contributed by atoms with Crippen molar-refractivity contribution in [3.8, 4) is 12.1 Å². The van der Waals surface area contributed by atoms with E-state index in [2.05, 4.69) is 27.7 Å². The Bertz CT molecular complexity index is 1490. The molecule has 0 saturated heterocycles. The molecule has 36 heavy (non-hydrogen) atoms. The lowest BCUT2D eigenvalue weighted by Crippen LogP contribution is -2.26.